The maximum absolute atomic E-state index is 14.4. The number of amides is 2. The van der Waals surface area contributed by atoms with E-state index in [9.17, 15) is 13.6 Å². The molecule has 0 unspecified atom stereocenters. The molecule has 4 heterocycles. The zero-order chi connectivity index (χ0) is 27.7. The number of aromatic nitrogens is 2. The third-order valence-corrected chi connectivity index (χ3v) is 8.22. The van der Waals surface area contributed by atoms with Gasteiger partial charge in [-0.15, -0.1) is 0 Å². The van der Waals surface area contributed by atoms with Gasteiger partial charge in [0, 0.05) is 74.1 Å². The zero-order valence-corrected chi connectivity index (χ0v) is 23.0. The Kier molecular flexibility index (Phi) is 7.88. The number of nitrogens with zero attached hydrogens (tertiary/aromatic N) is 6. The van der Waals surface area contributed by atoms with Crippen LogP contribution < -0.4 is 16.0 Å². The quantitative estimate of drug-likeness (QED) is 0.562. The molecular weight excluding hydrogens is 502 g/mol. The van der Waals surface area contributed by atoms with Crippen molar-refractivity contribution >= 4 is 29.3 Å². The molecule has 0 radical (unpaired) electrons. The smallest absolute Gasteiger partial charge is 0.317 e. The Morgan fingerprint density at radius 2 is 1.97 bits per heavy atom. The number of hydrogen-bond donors (Lipinski definition) is 2. The van der Waals surface area contributed by atoms with Crippen LogP contribution in [-0.2, 0) is 19.4 Å². The minimum Gasteiger partial charge on any atom is -0.404 e. The molecule has 0 spiro atoms. The standard InChI is InChI=1S/C28H38F2N8O/c1-32-16-19(15-31)21-13-18-5-4-9-37(25(18)14-22(21)26(29)30)27-23-17-36(28(39)33-2)12-8-24(23)38(34-27)20-6-10-35(3)11-7-20/h13-16,20,26H,4-12,17,31H2,1-3H3,(H,33,39)/b19-15+,32-16?. The van der Waals surface area contributed by atoms with Crippen LogP contribution in [0.2, 0.25) is 0 Å². The second-order valence-corrected chi connectivity index (χ2v) is 10.6. The predicted octanol–water partition coefficient (Wildman–Crippen LogP) is 3.87. The first kappa shape index (κ1) is 27.1. The topological polar surface area (TPSA) is 95.0 Å². The van der Waals surface area contributed by atoms with Gasteiger partial charge in [0.1, 0.15) is 0 Å². The number of carbonyl (C=O) groups is 1. The van der Waals surface area contributed by atoms with Crippen LogP contribution in [0.1, 0.15) is 59.7 Å². The molecule has 1 aromatic carbocycles. The number of likely N-dealkylation sites (tertiary alicyclic amines) is 1. The summed E-state index contributed by atoms with van der Waals surface area (Å²) in [4.78, 5) is 22.8. The van der Waals surface area contributed by atoms with Crippen LogP contribution in [0, 0.1) is 0 Å². The molecule has 0 bridgehead atoms. The van der Waals surface area contributed by atoms with E-state index in [-0.39, 0.29) is 17.6 Å². The number of hydrogen-bond acceptors (Lipinski definition) is 6. The Bertz CT molecular complexity index is 1280. The van der Waals surface area contributed by atoms with Gasteiger partial charge in [-0.3, -0.25) is 9.67 Å². The van der Waals surface area contributed by atoms with Crippen molar-refractivity contribution in [1.29, 1.82) is 0 Å². The lowest BCUT2D eigenvalue weighted by molar-refractivity contribution is 0.151. The highest BCUT2D eigenvalue weighted by atomic mass is 19.3. The van der Waals surface area contributed by atoms with Crippen LogP contribution in [0.4, 0.5) is 25.1 Å². The first-order valence-corrected chi connectivity index (χ1v) is 13.7. The average Bonchev–Trinajstić information content (AvgIpc) is 3.33. The number of aliphatic imine (C=N–C) groups is 1. The number of fused-ring (bicyclic) bond motifs is 2. The van der Waals surface area contributed by atoms with E-state index in [1.807, 2.05) is 6.07 Å². The largest absolute Gasteiger partial charge is 0.404 e. The summed E-state index contributed by atoms with van der Waals surface area (Å²) < 4.78 is 31.0. The molecule has 210 valence electrons. The first-order chi connectivity index (χ1) is 18.9. The van der Waals surface area contributed by atoms with Crippen LogP contribution >= 0.6 is 0 Å². The van der Waals surface area contributed by atoms with Gasteiger partial charge in [-0.1, -0.05) is 0 Å². The number of benzene rings is 1. The van der Waals surface area contributed by atoms with Crippen molar-refractivity contribution in [2.45, 2.75) is 51.1 Å². The Morgan fingerprint density at radius 3 is 2.64 bits per heavy atom. The van der Waals surface area contributed by atoms with Crippen molar-refractivity contribution in [3.63, 3.8) is 0 Å². The minimum atomic E-state index is -2.68. The molecule has 39 heavy (non-hydrogen) atoms. The monoisotopic (exact) mass is 540 g/mol. The van der Waals surface area contributed by atoms with Crippen molar-refractivity contribution in [1.82, 2.24) is 24.9 Å². The normalized spacial score (nSPS) is 19.1. The molecule has 0 saturated carbocycles. The molecule has 1 saturated heterocycles. The molecule has 2 amide bonds. The van der Waals surface area contributed by atoms with Crippen molar-refractivity contribution in [3.8, 4) is 0 Å². The van der Waals surface area contributed by atoms with E-state index in [0.717, 1.165) is 67.1 Å². The van der Waals surface area contributed by atoms with Gasteiger partial charge in [0.05, 0.1) is 12.6 Å². The van der Waals surface area contributed by atoms with Gasteiger partial charge >= 0.3 is 6.03 Å². The fourth-order valence-electron chi connectivity index (χ4n) is 6.16. The fraction of sp³-hybridized carbons (Fsp3) is 0.536. The van der Waals surface area contributed by atoms with Gasteiger partial charge in [0.15, 0.2) is 5.82 Å². The van der Waals surface area contributed by atoms with E-state index < -0.39 is 6.43 Å². The van der Waals surface area contributed by atoms with Crippen LogP contribution in [0.3, 0.4) is 0 Å². The molecule has 3 N–H and O–H groups in total. The van der Waals surface area contributed by atoms with Gasteiger partial charge in [0.2, 0.25) is 0 Å². The highest BCUT2D eigenvalue weighted by Gasteiger charge is 2.34. The number of aryl methyl sites for hydroxylation is 1. The molecule has 1 fully saturated rings. The molecule has 0 atom stereocenters. The highest BCUT2D eigenvalue weighted by Crippen LogP contribution is 2.42. The first-order valence-electron chi connectivity index (χ1n) is 13.7. The SMILES string of the molecule is CN=C/C(=C\N)c1cc2c(cc1C(F)F)N(c1nn(C3CCN(C)CC3)c3c1CN(C(=O)NC)CC3)CCC2. The molecule has 5 rings (SSSR count). The van der Waals surface area contributed by atoms with Crippen LogP contribution in [0.15, 0.2) is 23.3 Å². The Morgan fingerprint density at radius 1 is 1.21 bits per heavy atom. The molecule has 3 aliphatic rings. The highest BCUT2D eigenvalue weighted by molar-refractivity contribution is 6.10. The van der Waals surface area contributed by atoms with Gasteiger partial charge in [-0.25, -0.2) is 13.6 Å². The van der Waals surface area contributed by atoms with Crippen molar-refractivity contribution in [2.24, 2.45) is 10.7 Å². The second-order valence-electron chi connectivity index (χ2n) is 10.6. The average molecular weight is 541 g/mol. The van der Waals surface area contributed by atoms with Crippen LogP contribution in [0.5, 0.6) is 0 Å². The van der Waals surface area contributed by atoms with Gasteiger partial charge < -0.3 is 25.8 Å². The third kappa shape index (κ3) is 5.11. The van der Waals surface area contributed by atoms with Gasteiger partial charge in [0.25, 0.3) is 6.43 Å². The third-order valence-electron chi connectivity index (χ3n) is 8.22. The summed E-state index contributed by atoms with van der Waals surface area (Å²) in [5.74, 6) is 0.774. The molecule has 11 heteroatoms. The molecule has 2 aromatic rings. The molecule has 1 aromatic heterocycles. The minimum absolute atomic E-state index is 0.0761. The maximum Gasteiger partial charge on any atom is 0.317 e. The summed E-state index contributed by atoms with van der Waals surface area (Å²) in [6.45, 7) is 3.73. The van der Waals surface area contributed by atoms with Crippen molar-refractivity contribution < 1.29 is 13.6 Å². The molecule has 0 aliphatic carbocycles. The fourth-order valence-corrected chi connectivity index (χ4v) is 6.16. The lowest BCUT2D eigenvalue weighted by atomic mass is 9.92. The molecule has 3 aliphatic heterocycles. The number of allylic oxidation sites excluding steroid dienone is 1. The summed E-state index contributed by atoms with van der Waals surface area (Å²) in [5.41, 5.74) is 10.5. The Hall–Kier alpha value is -3.47. The Balaban J connectivity index is 1.62. The summed E-state index contributed by atoms with van der Waals surface area (Å²) in [6.07, 6.45) is 4.52. The van der Waals surface area contributed by atoms with E-state index in [0.29, 0.717) is 37.2 Å². The number of nitrogens with one attached hydrogen (secondary N) is 1. The number of carbonyl (C=O) groups excluding carboxylic acids is 1. The second kappa shape index (κ2) is 11.3. The van der Waals surface area contributed by atoms with Crippen LogP contribution in [-0.4, -0.2) is 79.1 Å². The number of rotatable bonds is 5. The van der Waals surface area contributed by atoms with Crippen LogP contribution in [0.25, 0.3) is 5.57 Å². The Labute approximate surface area is 228 Å². The van der Waals surface area contributed by atoms with Crippen molar-refractivity contribution in [3.05, 3.63) is 46.3 Å². The van der Waals surface area contributed by atoms with E-state index in [1.54, 1.807) is 25.1 Å². The number of urea groups is 1. The van der Waals surface area contributed by atoms with Gasteiger partial charge in [-0.2, -0.15) is 5.10 Å². The molecular formula is C28H38F2N8O. The number of anilines is 2. The summed E-state index contributed by atoms with van der Waals surface area (Å²) in [5, 5.41) is 7.92. The number of alkyl halides is 2. The summed E-state index contributed by atoms with van der Waals surface area (Å²) in [7, 11) is 5.37. The molecule has 9 nitrogen and oxygen atoms in total. The lowest BCUT2D eigenvalue weighted by Crippen LogP contribution is -2.42. The maximum atomic E-state index is 14.4. The number of nitrogens with two attached hydrogens (primary N) is 1. The summed E-state index contributed by atoms with van der Waals surface area (Å²) in [6, 6.07) is 3.59. The zero-order valence-electron chi connectivity index (χ0n) is 23.0. The van der Waals surface area contributed by atoms with E-state index >= 15 is 0 Å². The van der Waals surface area contributed by atoms with E-state index in [2.05, 4.69) is 31.8 Å². The summed E-state index contributed by atoms with van der Waals surface area (Å²) >= 11 is 0. The predicted molar refractivity (Wildman–Crippen MR) is 150 cm³/mol. The van der Waals surface area contributed by atoms with Gasteiger partial charge in [-0.05, 0) is 69.1 Å². The van der Waals surface area contributed by atoms with Crippen molar-refractivity contribution in [2.75, 3.05) is 52.2 Å². The number of piperidine rings is 1. The van der Waals surface area contributed by atoms with E-state index in [1.165, 1.54) is 12.4 Å². The lowest BCUT2D eigenvalue weighted by Gasteiger charge is -2.33. The number of halogens is 2. The van der Waals surface area contributed by atoms with E-state index in [4.69, 9.17) is 10.8 Å².